The molecule has 8 heavy (non-hydrogen) atoms. The highest BCUT2D eigenvalue weighted by atomic mass is 32.2. The fourth-order valence-electron chi connectivity index (χ4n) is 0.282. The van der Waals surface area contributed by atoms with Gasteiger partial charge in [0.15, 0.2) is 0 Å². The van der Waals surface area contributed by atoms with Crippen LogP contribution in [-0.4, -0.2) is 17.1 Å². The Labute approximate surface area is 53.9 Å². The minimum Gasteiger partial charge on any atom is -0.287 e. The summed E-state index contributed by atoms with van der Waals surface area (Å²) in [6.45, 7) is 3.56. The minimum absolute atomic E-state index is 0.372. The maximum absolute atomic E-state index is 6.93. The van der Waals surface area contributed by atoms with E-state index in [2.05, 4.69) is 4.99 Å². The predicted molar refractivity (Wildman–Crippen MR) is 40.0 cm³/mol. The van der Waals surface area contributed by atoms with Crippen molar-refractivity contribution in [2.75, 3.05) is 6.26 Å². The second-order valence-electron chi connectivity index (χ2n) is 1.42. The molecule has 0 saturated carbocycles. The zero-order valence-electron chi connectivity index (χ0n) is 5.36. The van der Waals surface area contributed by atoms with Crippen LogP contribution in [0.3, 0.4) is 0 Å². The summed E-state index contributed by atoms with van der Waals surface area (Å²) in [5.74, 6) is 0.372. The molecule has 0 aromatic heterocycles. The molecular formula is C5H10N2S. The molecule has 0 spiro atoms. The third kappa shape index (κ3) is 3.87. The van der Waals surface area contributed by atoms with E-state index in [9.17, 15) is 0 Å². The molecule has 0 rings (SSSR count). The van der Waals surface area contributed by atoms with E-state index >= 15 is 0 Å². The molecule has 0 aromatic rings. The van der Waals surface area contributed by atoms with Gasteiger partial charge in [-0.15, -0.1) is 11.8 Å². The Morgan fingerprint density at radius 3 is 2.12 bits per heavy atom. The van der Waals surface area contributed by atoms with Gasteiger partial charge in [0, 0.05) is 0 Å². The molecule has 46 valence electrons. The first kappa shape index (κ1) is 7.69. The van der Waals surface area contributed by atoms with Crippen molar-refractivity contribution in [1.82, 2.24) is 0 Å². The molecule has 0 heterocycles. The standard InChI is InChI=1S/C5H10N2S/c1-4(6)7-5(2)8-3/h6H,1-3H3. The lowest BCUT2D eigenvalue weighted by molar-refractivity contribution is 1.41. The largest absolute Gasteiger partial charge is 0.287 e. The van der Waals surface area contributed by atoms with E-state index in [1.165, 1.54) is 0 Å². The van der Waals surface area contributed by atoms with E-state index in [1.807, 2.05) is 13.2 Å². The highest BCUT2D eigenvalue weighted by molar-refractivity contribution is 8.13. The van der Waals surface area contributed by atoms with Crippen molar-refractivity contribution < 1.29 is 0 Å². The first-order chi connectivity index (χ1) is 3.66. The molecule has 2 nitrogen and oxygen atoms in total. The number of hydrogen-bond acceptors (Lipinski definition) is 2. The van der Waals surface area contributed by atoms with Gasteiger partial charge < -0.3 is 0 Å². The van der Waals surface area contributed by atoms with Crippen LogP contribution >= 0.6 is 11.8 Å². The topological polar surface area (TPSA) is 36.2 Å². The quantitative estimate of drug-likeness (QED) is 0.393. The van der Waals surface area contributed by atoms with E-state index in [-0.39, 0.29) is 0 Å². The fourth-order valence-corrected chi connectivity index (χ4v) is 0.510. The van der Waals surface area contributed by atoms with Crippen molar-refractivity contribution in [1.29, 1.82) is 5.41 Å². The zero-order chi connectivity index (χ0) is 6.57. The van der Waals surface area contributed by atoms with Gasteiger partial charge in [0.1, 0.15) is 5.84 Å². The summed E-state index contributed by atoms with van der Waals surface area (Å²) >= 11 is 1.56. The maximum Gasteiger partial charge on any atom is 0.118 e. The van der Waals surface area contributed by atoms with Crippen LogP contribution < -0.4 is 0 Å². The van der Waals surface area contributed by atoms with Crippen molar-refractivity contribution in [3.8, 4) is 0 Å². The van der Waals surface area contributed by atoms with Crippen molar-refractivity contribution in [2.24, 2.45) is 4.99 Å². The van der Waals surface area contributed by atoms with Gasteiger partial charge in [0.25, 0.3) is 0 Å². The molecule has 1 N–H and O–H groups in total. The molecule has 0 radical (unpaired) electrons. The maximum atomic E-state index is 6.93. The first-order valence-corrected chi connectivity index (χ1v) is 3.53. The molecule has 0 bridgehead atoms. The molecular weight excluding hydrogens is 120 g/mol. The van der Waals surface area contributed by atoms with Gasteiger partial charge in [-0.1, -0.05) is 0 Å². The highest BCUT2D eigenvalue weighted by Gasteiger charge is 1.83. The van der Waals surface area contributed by atoms with Crippen LogP contribution in [0.25, 0.3) is 0 Å². The number of rotatable bonds is 0. The number of hydrogen-bond donors (Lipinski definition) is 1. The van der Waals surface area contributed by atoms with Crippen LogP contribution in [0.15, 0.2) is 4.99 Å². The SMILES string of the molecule is CSC(C)=NC(C)=N. The first-order valence-electron chi connectivity index (χ1n) is 2.31. The zero-order valence-corrected chi connectivity index (χ0v) is 6.17. The molecule has 0 aliphatic carbocycles. The van der Waals surface area contributed by atoms with Gasteiger partial charge in [0.2, 0.25) is 0 Å². The Kier molecular flexibility index (Phi) is 3.52. The number of nitrogens with one attached hydrogen (secondary N) is 1. The van der Waals surface area contributed by atoms with E-state index in [0.717, 1.165) is 5.04 Å². The Hall–Kier alpha value is -0.310. The molecule has 3 heteroatoms. The summed E-state index contributed by atoms with van der Waals surface area (Å²) in [7, 11) is 0. The molecule has 0 fully saturated rings. The summed E-state index contributed by atoms with van der Waals surface area (Å²) in [5, 5.41) is 7.87. The molecule has 0 saturated heterocycles. The summed E-state index contributed by atoms with van der Waals surface area (Å²) in [5.41, 5.74) is 0. The number of amidine groups is 1. The van der Waals surface area contributed by atoms with Crippen LogP contribution in [0, 0.1) is 5.41 Å². The molecule has 0 unspecified atom stereocenters. The number of aliphatic imine (C=N–C) groups is 1. The third-order valence-corrected chi connectivity index (χ3v) is 1.30. The normalized spacial score (nSPS) is 11.6. The van der Waals surface area contributed by atoms with Gasteiger partial charge >= 0.3 is 0 Å². The highest BCUT2D eigenvalue weighted by Crippen LogP contribution is 1.95. The number of nitrogens with zero attached hydrogens (tertiary/aromatic N) is 1. The number of thioether (sulfide) groups is 1. The fraction of sp³-hybridized carbons (Fsp3) is 0.600. The molecule has 0 aliphatic rings. The summed E-state index contributed by atoms with van der Waals surface area (Å²) in [4.78, 5) is 3.86. The second-order valence-corrected chi connectivity index (χ2v) is 2.42. The predicted octanol–water partition coefficient (Wildman–Crippen LogP) is 1.76. The van der Waals surface area contributed by atoms with E-state index in [4.69, 9.17) is 5.41 Å². The van der Waals surface area contributed by atoms with Crippen molar-refractivity contribution >= 4 is 22.6 Å². The summed E-state index contributed by atoms with van der Waals surface area (Å²) in [6, 6.07) is 0. The second kappa shape index (κ2) is 3.66. The van der Waals surface area contributed by atoms with Crippen LogP contribution in [0.4, 0.5) is 0 Å². The molecule has 0 aliphatic heterocycles. The minimum atomic E-state index is 0.372. The van der Waals surface area contributed by atoms with Crippen LogP contribution in [0.5, 0.6) is 0 Å². The van der Waals surface area contributed by atoms with Crippen LogP contribution in [0.1, 0.15) is 13.8 Å². The van der Waals surface area contributed by atoms with Crippen LogP contribution in [0.2, 0.25) is 0 Å². The van der Waals surface area contributed by atoms with Gasteiger partial charge in [-0.25, -0.2) is 4.99 Å². The smallest absolute Gasteiger partial charge is 0.118 e. The van der Waals surface area contributed by atoms with Gasteiger partial charge in [-0.2, -0.15) is 0 Å². The van der Waals surface area contributed by atoms with Gasteiger partial charge in [0.05, 0.1) is 5.04 Å². The van der Waals surface area contributed by atoms with Gasteiger partial charge in [-0.05, 0) is 20.1 Å². The molecule has 0 aromatic carbocycles. The Morgan fingerprint density at radius 1 is 1.50 bits per heavy atom. The molecule has 0 amide bonds. The lowest BCUT2D eigenvalue weighted by Gasteiger charge is -1.89. The van der Waals surface area contributed by atoms with Crippen molar-refractivity contribution in [3.63, 3.8) is 0 Å². The third-order valence-electron chi connectivity index (χ3n) is 0.621. The van der Waals surface area contributed by atoms with E-state index in [1.54, 1.807) is 18.7 Å². The summed E-state index contributed by atoms with van der Waals surface area (Å²) < 4.78 is 0. The Bertz CT molecular complexity index is 118. The summed E-state index contributed by atoms with van der Waals surface area (Å²) in [6.07, 6.45) is 1.95. The van der Waals surface area contributed by atoms with Crippen LogP contribution in [-0.2, 0) is 0 Å². The Balaban J connectivity index is 3.75. The molecule has 0 atom stereocenters. The van der Waals surface area contributed by atoms with E-state index < -0.39 is 0 Å². The average Bonchev–Trinajstić information content (AvgIpc) is 1.65. The van der Waals surface area contributed by atoms with E-state index in [0.29, 0.717) is 5.84 Å². The lowest BCUT2D eigenvalue weighted by Crippen LogP contribution is -1.87. The van der Waals surface area contributed by atoms with Crippen molar-refractivity contribution in [2.45, 2.75) is 13.8 Å². The lowest BCUT2D eigenvalue weighted by atomic mass is 10.7. The van der Waals surface area contributed by atoms with Gasteiger partial charge in [-0.3, -0.25) is 5.41 Å². The van der Waals surface area contributed by atoms with Crippen molar-refractivity contribution in [3.05, 3.63) is 0 Å². The monoisotopic (exact) mass is 130 g/mol. The Morgan fingerprint density at radius 2 is 2.00 bits per heavy atom. The average molecular weight is 130 g/mol.